The van der Waals surface area contributed by atoms with Crippen molar-refractivity contribution in [3.8, 4) is 5.75 Å². The first kappa shape index (κ1) is 22.9. The van der Waals surface area contributed by atoms with E-state index in [1.54, 1.807) is 19.1 Å². The molecule has 0 amide bonds. The van der Waals surface area contributed by atoms with Gasteiger partial charge in [-0.25, -0.2) is 16.8 Å². The number of rotatable bonds is 6. The van der Waals surface area contributed by atoms with Crippen LogP contribution in [0.15, 0.2) is 53.4 Å². The molecule has 0 unspecified atom stereocenters. The zero-order valence-electron chi connectivity index (χ0n) is 18.2. The highest BCUT2D eigenvalue weighted by atomic mass is 32.2. The third-order valence-corrected chi connectivity index (χ3v) is 9.63. The summed E-state index contributed by atoms with van der Waals surface area (Å²) in [6, 6.07) is 14.6. The van der Waals surface area contributed by atoms with Crippen LogP contribution in [0.3, 0.4) is 0 Å². The molecule has 2 aliphatic heterocycles. The van der Waals surface area contributed by atoms with Crippen LogP contribution in [0.25, 0.3) is 0 Å². The summed E-state index contributed by atoms with van der Waals surface area (Å²) >= 11 is 0. The molecule has 0 atom stereocenters. The highest BCUT2D eigenvalue weighted by Crippen LogP contribution is 2.34. The van der Waals surface area contributed by atoms with E-state index in [0.717, 1.165) is 12.1 Å². The zero-order valence-corrected chi connectivity index (χ0v) is 19.8. The van der Waals surface area contributed by atoms with Crippen LogP contribution in [0, 0.1) is 0 Å². The van der Waals surface area contributed by atoms with E-state index in [9.17, 15) is 16.8 Å². The van der Waals surface area contributed by atoms with Gasteiger partial charge < -0.3 is 9.64 Å². The third-order valence-electron chi connectivity index (χ3n) is 5.84. The van der Waals surface area contributed by atoms with E-state index in [2.05, 4.69) is 4.90 Å². The summed E-state index contributed by atoms with van der Waals surface area (Å²) in [7, 11) is -7.31. The number of piperazine rings is 1. The van der Waals surface area contributed by atoms with Gasteiger partial charge in [-0.3, -0.25) is 4.31 Å². The van der Waals surface area contributed by atoms with Gasteiger partial charge in [0.2, 0.25) is 20.0 Å². The first-order chi connectivity index (χ1) is 15.3. The molecule has 2 heterocycles. The fraction of sp³-hybridized carbons (Fsp3) is 0.455. The second-order valence-electron chi connectivity index (χ2n) is 7.89. The van der Waals surface area contributed by atoms with Gasteiger partial charge in [-0.05, 0) is 50.1 Å². The molecule has 0 bridgehead atoms. The molecule has 2 aromatic rings. The van der Waals surface area contributed by atoms with Crippen LogP contribution in [0.2, 0.25) is 0 Å². The van der Waals surface area contributed by atoms with Gasteiger partial charge in [0.05, 0.1) is 18.0 Å². The van der Waals surface area contributed by atoms with Crippen LogP contribution in [0.5, 0.6) is 5.75 Å². The van der Waals surface area contributed by atoms with Crippen LogP contribution >= 0.6 is 0 Å². The summed E-state index contributed by atoms with van der Waals surface area (Å²) in [5.74, 6) is 0.320. The largest absolute Gasteiger partial charge is 0.492 e. The van der Waals surface area contributed by atoms with Crippen molar-refractivity contribution in [3.05, 3.63) is 48.5 Å². The third kappa shape index (κ3) is 4.57. The summed E-state index contributed by atoms with van der Waals surface area (Å²) in [6.45, 7) is 4.29. The minimum Gasteiger partial charge on any atom is -0.492 e. The number of benzene rings is 2. The maximum absolute atomic E-state index is 13.6. The molecule has 2 aliphatic rings. The number of hydrogen-bond donors (Lipinski definition) is 0. The van der Waals surface area contributed by atoms with Crippen molar-refractivity contribution in [1.82, 2.24) is 4.31 Å². The Hall–Kier alpha value is -2.30. The molecule has 2 fully saturated rings. The van der Waals surface area contributed by atoms with Crippen LogP contribution in [-0.4, -0.2) is 66.2 Å². The van der Waals surface area contributed by atoms with Crippen molar-refractivity contribution < 1.29 is 21.6 Å². The Bertz CT molecular complexity index is 1150. The van der Waals surface area contributed by atoms with Gasteiger partial charge >= 0.3 is 0 Å². The molecule has 2 saturated heterocycles. The SMILES string of the molecule is CCOc1ccc(N2CCCCS2(=O)=O)cc1S(=O)(=O)N1CCN(c2ccccc2)CC1. The van der Waals surface area contributed by atoms with Gasteiger partial charge in [-0.15, -0.1) is 0 Å². The number of para-hydroxylation sites is 1. The summed E-state index contributed by atoms with van der Waals surface area (Å²) in [5.41, 5.74) is 1.44. The van der Waals surface area contributed by atoms with Crippen LogP contribution in [0.1, 0.15) is 19.8 Å². The molecule has 0 N–H and O–H groups in total. The van der Waals surface area contributed by atoms with Crippen LogP contribution in [-0.2, 0) is 20.0 Å². The Kier molecular flexibility index (Phi) is 6.64. The van der Waals surface area contributed by atoms with Crippen molar-refractivity contribution in [2.75, 3.05) is 54.3 Å². The molecule has 8 nitrogen and oxygen atoms in total. The monoisotopic (exact) mass is 479 g/mol. The topological polar surface area (TPSA) is 87.2 Å². The van der Waals surface area contributed by atoms with Crippen molar-refractivity contribution >= 4 is 31.4 Å². The lowest BCUT2D eigenvalue weighted by Crippen LogP contribution is -2.48. The fourth-order valence-corrected chi connectivity index (χ4v) is 7.38. The highest BCUT2D eigenvalue weighted by Gasteiger charge is 2.33. The molecule has 32 heavy (non-hydrogen) atoms. The number of ether oxygens (including phenoxy) is 1. The van der Waals surface area contributed by atoms with Gasteiger partial charge in [0, 0.05) is 38.4 Å². The van der Waals surface area contributed by atoms with E-state index in [0.29, 0.717) is 51.4 Å². The molecule has 174 valence electrons. The smallest absolute Gasteiger partial charge is 0.246 e. The molecule has 0 aromatic heterocycles. The number of sulfonamides is 2. The molecule has 2 aromatic carbocycles. The van der Waals surface area contributed by atoms with Gasteiger partial charge in [0.15, 0.2) is 0 Å². The Morgan fingerprint density at radius 1 is 0.906 bits per heavy atom. The van der Waals surface area contributed by atoms with Gasteiger partial charge in [0.25, 0.3) is 0 Å². The van der Waals surface area contributed by atoms with Crippen LogP contribution < -0.4 is 13.9 Å². The summed E-state index contributed by atoms with van der Waals surface area (Å²) in [5, 5.41) is 0. The molecular formula is C22H29N3O5S2. The van der Waals surface area contributed by atoms with Gasteiger partial charge in [-0.1, -0.05) is 18.2 Å². The van der Waals surface area contributed by atoms with Crippen molar-refractivity contribution in [1.29, 1.82) is 0 Å². The Morgan fingerprint density at radius 2 is 1.62 bits per heavy atom. The quantitative estimate of drug-likeness (QED) is 0.633. The van der Waals surface area contributed by atoms with E-state index in [1.807, 2.05) is 30.3 Å². The van der Waals surface area contributed by atoms with E-state index < -0.39 is 20.0 Å². The van der Waals surface area contributed by atoms with Crippen molar-refractivity contribution in [2.45, 2.75) is 24.7 Å². The second kappa shape index (κ2) is 9.29. The van der Waals surface area contributed by atoms with E-state index >= 15 is 0 Å². The first-order valence-corrected chi connectivity index (χ1v) is 14.0. The normalized spacial score (nSPS) is 19.7. The lowest BCUT2D eigenvalue weighted by molar-refractivity contribution is 0.327. The highest BCUT2D eigenvalue weighted by molar-refractivity contribution is 7.92. The lowest BCUT2D eigenvalue weighted by Gasteiger charge is -2.35. The first-order valence-electron chi connectivity index (χ1n) is 10.9. The average Bonchev–Trinajstić information content (AvgIpc) is 2.80. The van der Waals surface area contributed by atoms with Crippen molar-refractivity contribution in [3.63, 3.8) is 0 Å². The van der Waals surface area contributed by atoms with Crippen LogP contribution in [0.4, 0.5) is 11.4 Å². The predicted molar refractivity (Wildman–Crippen MR) is 125 cm³/mol. The van der Waals surface area contributed by atoms with E-state index in [1.165, 1.54) is 14.7 Å². The molecule has 10 heteroatoms. The molecule has 0 aliphatic carbocycles. The van der Waals surface area contributed by atoms with E-state index in [-0.39, 0.29) is 16.4 Å². The van der Waals surface area contributed by atoms with Gasteiger partial charge in [-0.2, -0.15) is 4.31 Å². The zero-order chi connectivity index (χ0) is 22.8. The molecule has 0 saturated carbocycles. The maximum atomic E-state index is 13.6. The number of hydrogen-bond acceptors (Lipinski definition) is 6. The number of nitrogens with zero attached hydrogens (tertiary/aromatic N) is 3. The minimum absolute atomic E-state index is 0.0192. The predicted octanol–water partition coefficient (Wildman–Crippen LogP) is 2.53. The maximum Gasteiger partial charge on any atom is 0.246 e. The molecule has 4 rings (SSSR count). The Morgan fingerprint density at radius 3 is 2.28 bits per heavy atom. The fourth-order valence-electron chi connectivity index (χ4n) is 4.17. The summed E-state index contributed by atoms with van der Waals surface area (Å²) in [4.78, 5) is 2.18. The summed E-state index contributed by atoms with van der Waals surface area (Å²) < 4.78 is 60.7. The lowest BCUT2D eigenvalue weighted by atomic mass is 10.2. The standard InChI is InChI=1S/C22H29N3O5S2/c1-2-30-21-11-10-20(25-12-6-7-17-31(25,26)27)18-22(21)32(28,29)24-15-13-23(14-16-24)19-8-4-3-5-9-19/h3-5,8-11,18H,2,6-7,12-17H2,1H3. The minimum atomic E-state index is -3.86. The van der Waals surface area contributed by atoms with Gasteiger partial charge in [0.1, 0.15) is 10.6 Å². The summed E-state index contributed by atoms with van der Waals surface area (Å²) in [6.07, 6.45) is 1.36. The molecular weight excluding hydrogens is 450 g/mol. The molecule has 0 radical (unpaired) electrons. The Labute approximate surface area is 190 Å². The second-order valence-corrected chi connectivity index (χ2v) is 11.8. The Balaban J connectivity index is 1.62. The van der Waals surface area contributed by atoms with E-state index in [4.69, 9.17) is 4.74 Å². The average molecular weight is 480 g/mol. The molecule has 0 spiro atoms. The van der Waals surface area contributed by atoms with Crippen molar-refractivity contribution in [2.24, 2.45) is 0 Å². The number of anilines is 2.